The summed E-state index contributed by atoms with van der Waals surface area (Å²) in [5.74, 6) is 1.26. The third-order valence-corrected chi connectivity index (χ3v) is 6.70. The first-order valence-electron chi connectivity index (χ1n) is 10.1. The molecule has 31 heavy (non-hydrogen) atoms. The first-order chi connectivity index (χ1) is 15.0. The number of hydrogen-bond donors (Lipinski definition) is 1. The molecule has 0 radical (unpaired) electrons. The lowest BCUT2D eigenvalue weighted by Gasteiger charge is -2.22. The van der Waals surface area contributed by atoms with Crippen molar-refractivity contribution in [3.8, 4) is 11.5 Å². The van der Waals surface area contributed by atoms with Crippen molar-refractivity contribution in [1.82, 2.24) is 5.32 Å². The normalized spacial score (nSPS) is 18.7. The second-order valence-corrected chi connectivity index (χ2v) is 8.76. The van der Waals surface area contributed by atoms with Gasteiger partial charge in [0.2, 0.25) is 0 Å². The average Bonchev–Trinajstić information content (AvgIpc) is 3.41. The summed E-state index contributed by atoms with van der Waals surface area (Å²) in [7, 11) is 3.29. The first-order valence-corrected chi connectivity index (χ1v) is 11.2. The largest absolute Gasteiger partial charge is 0.496 e. The van der Waals surface area contributed by atoms with Crippen LogP contribution < -0.4 is 19.7 Å². The zero-order valence-electron chi connectivity index (χ0n) is 17.7. The number of nitrogens with one attached hydrogen (secondary N) is 1. The van der Waals surface area contributed by atoms with Gasteiger partial charge in [-0.05, 0) is 61.4 Å². The monoisotopic (exact) mass is 457 g/mol. The molecule has 2 aromatic carbocycles. The van der Waals surface area contributed by atoms with E-state index in [-0.39, 0.29) is 5.91 Å². The van der Waals surface area contributed by atoms with Crippen LogP contribution in [0.5, 0.6) is 11.5 Å². The number of benzene rings is 2. The number of rotatable bonds is 5. The van der Waals surface area contributed by atoms with Crippen LogP contribution in [0.3, 0.4) is 0 Å². The number of anilines is 1. The summed E-state index contributed by atoms with van der Waals surface area (Å²) in [5, 5.41) is 3.98. The summed E-state index contributed by atoms with van der Waals surface area (Å²) in [6, 6.07) is 9.43. The number of halogens is 1. The highest BCUT2D eigenvalue weighted by Crippen LogP contribution is 2.39. The molecule has 162 valence electrons. The quantitative estimate of drug-likeness (QED) is 0.628. The highest BCUT2D eigenvalue weighted by atomic mass is 35.5. The van der Waals surface area contributed by atoms with E-state index in [2.05, 4.69) is 15.2 Å². The standard InChI is InChI=1S/C23H24ClN3O3S/c1-14-16(24)7-6-8-17(14)25-23-26-22(28)21(31-23)12-15-11-20(30-3)18(13-19(15)29-2)27-9-4-5-10-27/h6-8,11-13H,4-5,9-10H2,1-3H3,(H,25,26,28)/b21-12-. The number of thioether (sulfide) groups is 1. The SMILES string of the molecule is COc1cc(N2CCCC2)c(OC)cc1/C=C1\SC(=Nc2cccc(Cl)c2C)NC1=O. The Balaban J connectivity index is 1.65. The predicted octanol–water partition coefficient (Wildman–Crippen LogP) is 5.16. The van der Waals surface area contributed by atoms with E-state index in [1.165, 1.54) is 24.6 Å². The number of ether oxygens (including phenoxy) is 2. The summed E-state index contributed by atoms with van der Waals surface area (Å²) in [6.07, 6.45) is 4.15. The molecule has 2 aliphatic heterocycles. The van der Waals surface area contributed by atoms with Gasteiger partial charge in [0.1, 0.15) is 11.5 Å². The smallest absolute Gasteiger partial charge is 0.264 e. The Bertz CT molecular complexity index is 1080. The van der Waals surface area contributed by atoms with E-state index in [1.807, 2.05) is 43.3 Å². The van der Waals surface area contributed by atoms with Gasteiger partial charge < -0.3 is 19.7 Å². The maximum absolute atomic E-state index is 12.6. The maximum Gasteiger partial charge on any atom is 0.264 e. The van der Waals surface area contributed by atoms with Crippen LogP contribution in [0.1, 0.15) is 24.0 Å². The summed E-state index contributed by atoms with van der Waals surface area (Å²) in [5.41, 5.74) is 3.39. The fourth-order valence-corrected chi connectivity index (χ4v) is 4.67. The molecule has 2 fully saturated rings. The molecule has 0 aliphatic carbocycles. The Morgan fingerprint density at radius 2 is 1.90 bits per heavy atom. The van der Waals surface area contributed by atoms with Crippen LogP contribution in [-0.4, -0.2) is 38.4 Å². The van der Waals surface area contributed by atoms with Crippen molar-refractivity contribution >= 4 is 51.9 Å². The number of aliphatic imine (C=N–C) groups is 1. The number of hydrogen-bond acceptors (Lipinski definition) is 6. The lowest BCUT2D eigenvalue weighted by Crippen LogP contribution is -2.19. The fraction of sp³-hybridized carbons (Fsp3) is 0.304. The van der Waals surface area contributed by atoms with Crippen molar-refractivity contribution in [3.63, 3.8) is 0 Å². The van der Waals surface area contributed by atoms with Gasteiger partial charge in [-0.25, -0.2) is 4.99 Å². The highest BCUT2D eigenvalue weighted by molar-refractivity contribution is 8.18. The maximum atomic E-state index is 12.6. The van der Waals surface area contributed by atoms with E-state index in [1.54, 1.807) is 14.2 Å². The van der Waals surface area contributed by atoms with Crippen molar-refractivity contribution < 1.29 is 14.3 Å². The third-order valence-electron chi connectivity index (χ3n) is 5.38. The van der Waals surface area contributed by atoms with E-state index in [0.717, 1.165) is 41.3 Å². The van der Waals surface area contributed by atoms with E-state index in [4.69, 9.17) is 21.1 Å². The Hall–Kier alpha value is -2.64. The molecule has 2 aromatic rings. The van der Waals surface area contributed by atoms with Crippen molar-refractivity contribution in [3.05, 3.63) is 51.4 Å². The molecule has 0 bridgehead atoms. The molecule has 2 aliphatic rings. The van der Waals surface area contributed by atoms with Crippen molar-refractivity contribution in [2.24, 2.45) is 4.99 Å². The number of carbonyl (C=O) groups excluding carboxylic acids is 1. The molecule has 0 atom stereocenters. The fourth-order valence-electron chi connectivity index (χ4n) is 3.67. The zero-order chi connectivity index (χ0) is 22.0. The molecule has 1 N–H and O–H groups in total. The third kappa shape index (κ3) is 4.52. The first kappa shape index (κ1) is 21.6. The number of amidine groups is 1. The number of amides is 1. The van der Waals surface area contributed by atoms with Gasteiger partial charge in [0.15, 0.2) is 5.17 Å². The Morgan fingerprint density at radius 3 is 2.61 bits per heavy atom. The van der Waals surface area contributed by atoms with Crippen LogP contribution in [0.25, 0.3) is 6.08 Å². The summed E-state index contributed by atoms with van der Waals surface area (Å²) in [4.78, 5) is 20.0. The van der Waals surface area contributed by atoms with Crippen LogP contribution in [0, 0.1) is 6.92 Å². The molecule has 0 saturated carbocycles. The van der Waals surface area contributed by atoms with Gasteiger partial charge in [-0.2, -0.15) is 0 Å². The topological polar surface area (TPSA) is 63.2 Å². The van der Waals surface area contributed by atoms with Crippen LogP contribution >= 0.6 is 23.4 Å². The lowest BCUT2D eigenvalue weighted by atomic mass is 10.1. The summed E-state index contributed by atoms with van der Waals surface area (Å²) < 4.78 is 11.3. The highest BCUT2D eigenvalue weighted by Gasteiger charge is 2.26. The molecule has 6 nitrogen and oxygen atoms in total. The van der Waals surface area contributed by atoms with E-state index in [0.29, 0.717) is 20.8 Å². The minimum atomic E-state index is -0.201. The lowest BCUT2D eigenvalue weighted by molar-refractivity contribution is -0.115. The number of nitrogens with zero attached hydrogens (tertiary/aromatic N) is 2. The van der Waals surface area contributed by atoms with Crippen molar-refractivity contribution in [2.45, 2.75) is 19.8 Å². The molecular weight excluding hydrogens is 434 g/mol. The summed E-state index contributed by atoms with van der Waals surface area (Å²) in [6.45, 7) is 3.90. The van der Waals surface area contributed by atoms with E-state index >= 15 is 0 Å². The van der Waals surface area contributed by atoms with Gasteiger partial charge in [0.05, 0.1) is 30.5 Å². The van der Waals surface area contributed by atoms with E-state index < -0.39 is 0 Å². The van der Waals surface area contributed by atoms with Crippen LogP contribution in [-0.2, 0) is 4.79 Å². The minimum Gasteiger partial charge on any atom is -0.496 e. The van der Waals surface area contributed by atoms with Crippen LogP contribution in [0.15, 0.2) is 40.2 Å². The number of methoxy groups -OCH3 is 2. The number of carbonyl (C=O) groups is 1. The van der Waals surface area contributed by atoms with Crippen molar-refractivity contribution in [2.75, 3.05) is 32.2 Å². The minimum absolute atomic E-state index is 0.201. The molecule has 0 unspecified atom stereocenters. The van der Waals surface area contributed by atoms with E-state index in [9.17, 15) is 4.79 Å². The van der Waals surface area contributed by atoms with Gasteiger partial charge in [-0.1, -0.05) is 17.7 Å². The second-order valence-electron chi connectivity index (χ2n) is 7.33. The molecule has 2 heterocycles. The second kappa shape index (κ2) is 9.24. The molecule has 4 rings (SSSR count). The summed E-state index contributed by atoms with van der Waals surface area (Å²) >= 11 is 7.47. The molecule has 2 saturated heterocycles. The molecule has 8 heteroatoms. The van der Waals surface area contributed by atoms with Gasteiger partial charge in [0.25, 0.3) is 5.91 Å². The molecule has 1 amide bonds. The molecule has 0 spiro atoms. The zero-order valence-corrected chi connectivity index (χ0v) is 19.3. The molecule has 0 aromatic heterocycles. The van der Waals surface area contributed by atoms with Gasteiger partial charge in [-0.15, -0.1) is 0 Å². The Labute approximate surface area is 191 Å². The van der Waals surface area contributed by atoms with Gasteiger partial charge in [-0.3, -0.25) is 4.79 Å². The molecular formula is C23H24ClN3O3S. The van der Waals surface area contributed by atoms with Crippen LogP contribution in [0.2, 0.25) is 5.02 Å². The average molecular weight is 458 g/mol. The van der Waals surface area contributed by atoms with Gasteiger partial charge in [0, 0.05) is 29.7 Å². The van der Waals surface area contributed by atoms with Gasteiger partial charge >= 0.3 is 0 Å². The van der Waals surface area contributed by atoms with Crippen LogP contribution in [0.4, 0.5) is 11.4 Å². The Kier molecular flexibility index (Phi) is 6.43. The Morgan fingerprint density at radius 1 is 1.16 bits per heavy atom. The predicted molar refractivity (Wildman–Crippen MR) is 128 cm³/mol. The van der Waals surface area contributed by atoms with Crippen molar-refractivity contribution in [1.29, 1.82) is 0 Å².